The second kappa shape index (κ2) is 6.69. The highest BCUT2D eigenvalue weighted by Crippen LogP contribution is 2.34. The molecular weight excluding hydrogens is 256 g/mol. The molecule has 0 aromatic heterocycles. The average Bonchev–Trinajstić information content (AvgIpc) is 2.38. The lowest BCUT2D eigenvalue weighted by Gasteiger charge is -2.40. The average molecular weight is 284 g/mol. The monoisotopic (exact) mass is 284 g/mol. The number of carbonyl (C=O) groups excluding carboxylic acids is 1. The number of rotatable bonds is 5. The topological polar surface area (TPSA) is 55.1 Å². The van der Waals surface area contributed by atoms with Crippen LogP contribution in [0, 0.1) is 17.8 Å². The molecule has 0 aromatic carbocycles. The van der Waals surface area contributed by atoms with Gasteiger partial charge in [0.25, 0.3) is 0 Å². The van der Waals surface area contributed by atoms with E-state index in [1.807, 2.05) is 6.92 Å². The summed E-state index contributed by atoms with van der Waals surface area (Å²) < 4.78 is 0. The second-order valence-corrected chi connectivity index (χ2v) is 6.76. The summed E-state index contributed by atoms with van der Waals surface area (Å²) in [5.74, 6) is 1.16. The normalized spacial score (nSPS) is 29.0. The van der Waals surface area contributed by atoms with E-state index in [4.69, 9.17) is 18.0 Å². The van der Waals surface area contributed by atoms with Crippen LogP contribution in [0.5, 0.6) is 0 Å². The zero-order valence-corrected chi connectivity index (χ0v) is 13.5. The lowest BCUT2D eigenvalue weighted by atomic mass is 9.75. The van der Waals surface area contributed by atoms with E-state index in [1.54, 1.807) is 0 Å². The van der Waals surface area contributed by atoms with Crippen LogP contribution in [0.3, 0.4) is 0 Å². The molecule has 0 aromatic rings. The van der Waals surface area contributed by atoms with Gasteiger partial charge in [0.2, 0.25) is 5.91 Å². The summed E-state index contributed by atoms with van der Waals surface area (Å²) in [5.41, 5.74) is 5.49. The molecule has 0 spiro atoms. The fourth-order valence-electron chi connectivity index (χ4n) is 2.66. The number of nitrogens with one attached hydrogen (secondary N) is 1. The van der Waals surface area contributed by atoms with Crippen molar-refractivity contribution in [3.63, 3.8) is 0 Å². The van der Waals surface area contributed by atoms with Gasteiger partial charge in [-0.3, -0.25) is 4.79 Å². The Morgan fingerprint density at radius 2 is 1.89 bits per heavy atom. The molecule has 1 fully saturated rings. The van der Waals surface area contributed by atoms with E-state index < -0.39 is 5.54 Å². The summed E-state index contributed by atoms with van der Waals surface area (Å²) in [6.07, 6.45) is 5.17. The number of hydrogen-bond acceptors (Lipinski definition) is 2. The van der Waals surface area contributed by atoms with Gasteiger partial charge in [0.15, 0.2) is 0 Å². The van der Waals surface area contributed by atoms with Crippen LogP contribution in [0.25, 0.3) is 0 Å². The predicted molar refractivity (Wildman–Crippen MR) is 83.9 cm³/mol. The van der Waals surface area contributed by atoms with Gasteiger partial charge in [0.05, 0.1) is 10.5 Å². The molecule has 110 valence electrons. The van der Waals surface area contributed by atoms with Crippen molar-refractivity contribution in [1.29, 1.82) is 0 Å². The van der Waals surface area contributed by atoms with Crippen LogP contribution in [-0.2, 0) is 4.79 Å². The minimum absolute atomic E-state index is 0.00452. The third-order valence-corrected chi connectivity index (χ3v) is 5.17. The maximum absolute atomic E-state index is 12.3. The van der Waals surface area contributed by atoms with Gasteiger partial charge in [-0.15, -0.1) is 0 Å². The molecule has 1 amide bonds. The fraction of sp³-hybridized carbons (Fsp3) is 0.867. The van der Waals surface area contributed by atoms with E-state index in [0.717, 1.165) is 31.6 Å². The number of hydrogen-bond donors (Lipinski definition) is 2. The van der Waals surface area contributed by atoms with Gasteiger partial charge in [0.1, 0.15) is 0 Å². The molecule has 1 aliphatic carbocycles. The first-order valence-electron chi connectivity index (χ1n) is 7.44. The highest BCUT2D eigenvalue weighted by molar-refractivity contribution is 7.80. The van der Waals surface area contributed by atoms with Gasteiger partial charge in [-0.2, -0.15) is 0 Å². The summed E-state index contributed by atoms with van der Waals surface area (Å²) in [5, 5.41) is 3.15. The van der Waals surface area contributed by atoms with Crippen LogP contribution in [0.15, 0.2) is 0 Å². The number of carbonyl (C=O) groups is 1. The van der Waals surface area contributed by atoms with Crippen molar-refractivity contribution in [3.8, 4) is 0 Å². The van der Waals surface area contributed by atoms with Gasteiger partial charge in [-0.25, -0.2) is 0 Å². The number of nitrogens with two attached hydrogens (primary N) is 1. The summed E-state index contributed by atoms with van der Waals surface area (Å²) >= 11 is 5.24. The Labute approximate surface area is 122 Å². The molecule has 0 saturated heterocycles. The minimum atomic E-state index is -0.443. The quantitative estimate of drug-likeness (QED) is 0.763. The van der Waals surface area contributed by atoms with Crippen molar-refractivity contribution < 1.29 is 4.79 Å². The molecule has 1 atom stereocenters. The van der Waals surface area contributed by atoms with E-state index in [0.29, 0.717) is 10.9 Å². The van der Waals surface area contributed by atoms with Crippen LogP contribution in [0.2, 0.25) is 0 Å². The van der Waals surface area contributed by atoms with Crippen LogP contribution in [0.4, 0.5) is 0 Å². The van der Waals surface area contributed by atoms with Crippen molar-refractivity contribution in [1.82, 2.24) is 5.32 Å². The lowest BCUT2D eigenvalue weighted by molar-refractivity contribution is -0.127. The Morgan fingerprint density at radius 1 is 1.37 bits per heavy atom. The smallest absolute Gasteiger partial charge is 0.223 e. The fourth-order valence-corrected chi connectivity index (χ4v) is 2.92. The minimum Gasteiger partial charge on any atom is -0.391 e. The standard InChI is InChI=1S/C15H28N2OS/c1-5-12-6-8-15(9-7-12,14(16)19)17-13(18)11(4)10(2)3/h10-12H,5-9H2,1-4H3,(H2,16,19)(H,17,18). The molecule has 4 heteroatoms. The molecule has 1 aliphatic rings. The van der Waals surface area contributed by atoms with Crippen LogP contribution >= 0.6 is 12.2 Å². The van der Waals surface area contributed by atoms with Gasteiger partial charge < -0.3 is 11.1 Å². The van der Waals surface area contributed by atoms with E-state index in [-0.39, 0.29) is 11.8 Å². The van der Waals surface area contributed by atoms with E-state index in [9.17, 15) is 4.79 Å². The van der Waals surface area contributed by atoms with Crippen LogP contribution < -0.4 is 11.1 Å². The highest BCUT2D eigenvalue weighted by Gasteiger charge is 2.39. The zero-order chi connectivity index (χ0) is 14.6. The zero-order valence-electron chi connectivity index (χ0n) is 12.7. The molecule has 0 heterocycles. The Morgan fingerprint density at radius 3 is 2.26 bits per heavy atom. The summed E-state index contributed by atoms with van der Waals surface area (Å²) in [7, 11) is 0. The highest BCUT2D eigenvalue weighted by atomic mass is 32.1. The van der Waals surface area contributed by atoms with Crippen molar-refractivity contribution in [3.05, 3.63) is 0 Å². The molecule has 19 heavy (non-hydrogen) atoms. The Kier molecular flexibility index (Phi) is 5.78. The summed E-state index contributed by atoms with van der Waals surface area (Å²) in [6.45, 7) is 8.31. The van der Waals surface area contributed by atoms with E-state index in [2.05, 4.69) is 26.1 Å². The Hall–Kier alpha value is -0.640. The SMILES string of the molecule is CCC1CCC(NC(=O)C(C)C(C)C)(C(N)=S)CC1. The van der Waals surface area contributed by atoms with Gasteiger partial charge in [-0.1, -0.05) is 46.3 Å². The number of amides is 1. The number of thiocarbonyl (C=S) groups is 1. The summed E-state index contributed by atoms with van der Waals surface area (Å²) in [6, 6.07) is 0. The first-order valence-corrected chi connectivity index (χ1v) is 7.85. The van der Waals surface area contributed by atoms with Gasteiger partial charge in [-0.05, 0) is 37.5 Å². The molecule has 1 saturated carbocycles. The van der Waals surface area contributed by atoms with Crippen molar-refractivity contribution in [2.24, 2.45) is 23.5 Å². The third kappa shape index (κ3) is 3.91. The molecule has 0 radical (unpaired) electrons. The third-order valence-electron chi connectivity index (χ3n) is 4.78. The Bertz CT molecular complexity index is 333. The maximum atomic E-state index is 12.3. The van der Waals surface area contributed by atoms with Gasteiger partial charge >= 0.3 is 0 Å². The van der Waals surface area contributed by atoms with E-state index >= 15 is 0 Å². The van der Waals surface area contributed by atoms with Crippen LogP contribution in [0.1, 0.15) is 59.8 Å². The van der Waals surface area contributed by atoms with Crippen molar-refractivity contribution in [2.75, 3.05) is 0 Å². The molecular formula is C15H28N2OS. The van der Waals surface area contributed by atoms with Crippen molar-refractivity contribution in [2.45, 2.75) is 65.3 Å². The first kappa shape index (κ1) is 16.4. The van der Waals surface area contributed by atoms with Gasteiger partial charge in [0, 0.05) is 5.92 Å². The Balaban J connectivity index is 2.74. The largest absolute Gasteiger partial charge is 0.391 e. The molecule has 0 bridgehead atoms. The maximum Gasteiger partial charge on any atom is 0.223 e. The van der Waals surface area contributed by atoms with E-state index in [1.165, 1.54) is 6.42 Å². The molecule has 3 N–H and O–H groups in total. The lowest BCUT2D eigenvalue weighted by Crippen LogP contribution is -2.59. The molecule has 0 aliphatic heterocycles. The molecule has 3 nitrogen and oxygen atoms in total. The van der Waals surface area contributed by atoms with Crippen molar-refractivity contribution >= 4 is 23.1 Å². The molecule has 1 rings (SSSR count). The molecule has 1 unspecified atom stereocenters. The predicted octanol–water partition coefficient (Wildman–Crippen LogP) is 3.02. The summed E-state index contributed by atoms with van der Waals surface area (Å²) in [4.78, 5) is 12.7. The van der Waals surface area contributed by atoms with Crippen LogP contribution in [-0.4, -0.2) is 16.4 Å². The second-order valence-electron chi connectivity index (χ2n) is 6.32. The first-order chi connectivity index (χ1) is 8.82.